The molecule has 0 radical (unpaired) electrons. The summed E-state index contributed by atoms with van der Waals surface area (Å²) in [6.45, 7) is 2.15. The molecule has 1 aromatic heterocycles. The van der Waals surface area contributed by atoms with Crippen LogP contribution in [0.3, 0.4) is 0 Å². The van der Waals surface area contributed by atoms with Crippen molar-refractivity contribution >= 4 is 21.8 Å². The summed E-state index contributed by atoms with van der Waals surface area (Å²) in [5, 5.41) is 8.48. The van der Waals surface area contributed by atoms with Crippen molar-refractivity contribution in [3.05, 3.63) is 12.2 Å². The Morgan fingerprint density at radius 2 is 2.43 bits per heavy atom. The zero-order chi connectivity index (χ0) is 9.97. The van der Waals surface area contributed by atoms with Crippen molar-refractivity contribution in [2.24, 2.45) is 0 Å². The molecular weight excluding hydrogens is 248 g/mol. The Morgan fingerprint density at radius 1 is 1.57 bits per heavy atom. The third-order valence-electron chi connectivity index (χ3n) is 2.30. The van der Waals surface area contributed by atoms with Gasteiger partial charge in [-0.2, -0.15) is 0 Å². The van der Waals surface area contributed by atoms with Gasteiger partial charge in [-0.25, -0.2) is 0 Å². The Balaban J connectivity index is 2.04. The van der Waals surface area contributed by atoms with E-state index in [1.165, 1.54) is 0 Å². The summed E-state index contributed by atoms with van der Waals surface area (Å²) in [5.74, 6) is 1.05. The molecule has 1 aliphatic heterocycles. The maximum Gasteiger partial charge on any atom is 0.223 e. The highest BCUT2D eigenvalue weighted by Crippen LogP contribution is 2.10. The summed E-state index contributed by atoms with van der Waals surface area (Å²) >= 11 is 3.26. The van der Waals surface area contributed by atoms with E-state index in [4.69, 9.17) is 0 Å². The van der Waals surface area contributed by atoms with Crippen molar-refractivity contribution in [2.75, 3.05) is 11.9 Å². The molecule has 5 nitrogen and oxygen atoms in total. The van der Waals surface area contributed by atoms with Gasteiger partial charge in [0.15, 0.2) is 5.82 Å². The molecule has 0 aromatic carbocycles. The smallest absolute Gasteiger partial charge is 0.223 e. The molecular formula is C8H11BrN4O. The van der Waals surface area contributed by atoms with E-state index in [-0.39, 0.29) is 5.91 Å². The number of hydrogen-bond donors (Lipinski definition) is 0. The molecule has 0 bridgehead atoms. The SMILES string of the molecule is O=C(CCBr)N1CCn2cnnc2C1. The number of rotatable bonds is 2. The number of carbonyl (C=O) groups excluding carboxylic acids is 1. The third kappa shape index (κ3) is 1.79. The van der Waals surface area contributed by atoms with Crippen LogP contribution in [-0.4, -0.2) is 37.4 Å². The lowest BCUT2D eigenvalue weighted by atomic mass is 10.3. The summed E-state index contributed by atoms with van der Waals surface area (Å²) in [7, 11) is 0. The number of halogens is 1. The highest BCUT2D eigenvalue weighted by molar-refractivity contribution is 9.09. The lowest BCUT2D eigenvalue weighted by Crippen LogP contribution is -2.38. The van der Waals surface area contributed by atoms with Crippen LogP contribution < -0.4 is 0 Å². The lowest BCUT2D eigenvalue weighted by molar-refractivity contribution is -0.132. The first-order valence-electron chi connectivity index (χ1n) is 4.51. The Hall–Kier alpha value is -0.910. The van der Waals surface area contributed by atoms with Gasteiger partial charge in [0.1, 0.15) is 6.33 Å². The second-order valence-electron chi connectivity index (χ2n) is 3.19. The van der Waals surface area contributed by atoms with Crippen LogP contribution in [0.15, 0.2) is 6.33 Å². The molecule has 76 valence electrons. The third-order valence-corrected chi connectivity index (χ3v) is 2.70. The number of hydrogen-bond acceptors (Lipinski definition) is 3. The van der Waals surface area contributed by atoms with Gasteiger partial charge in [-0.05, 0) is 0 Å². The minimum atomic E-state index is 0.177. The molecule has 0 fully saturated rings. The van der Waals surface area contributed by atoms with Crippen molar-refractivity contribution in [3.8, 4) is 0 Å². The van der Waals surface area contributed by atoms with Crippen molar-refractivity contribution < 1.29 is 4.79 Å². The molecule has 6 heteroatoms. The quantitative estimate of drug-likeness (QED) is 0.722. The number of alkyl halides is 1. The molecule has 1 amide bonds. The molecule has 14 heavy (non-hydrogen) atoms. The predicted molar refractivity (Wildman–Crippen MR) is 53.9 cm³/mol. The molecule has 0 atom stereocenters. The van der Waals surface area contributed by atoms with E-state index in [0.717, 1.165) is 24.2 Å². The van der Waals surface area contributed by atoms with E-state index < -0.39 is 0 Å². The Labute approximate surface area is 90.2 Å². The van der Waals surface area contributed by atoms with Crippen LogP contribution in [0, 0.1) is 0 Å². The van der Waals surface area contributed by atoms with Crippen molar-refractivity contribution in [1.82, 2.24) is 19.7 Å². The van der Waals surface area contributed by atoms with E-state index >= 15 is 0 Å². The van der Waals surface area contributed by atoms with E-state index in [1.54, 1.807) is 6.33 Å². The summed E-state index contributed by atoms with van der Waals surface area (Å²) in [5.41, 5.74) is 0. The number of carbonyl (C=O) groups is 1. The van der Waals surface area contributed by atoms with Gasteiger partial charge in [-0.3, -0.25) is 4.79 Å². The largest absolute Gasteiger partial charge is 0.333 e. The average Bonchev–Trinajstić information content (AvgIpc) is 2.64. The van der Waals surface area contributed by atoms with Crippen LogP contribution in [0.5, 0.6) is 0 Å². The van der Waals surface area contributed by atoms with Gasteiger partial charge in [0.05, 0.1) is 6.54 Å². The topological polar surface area (TPSA) is 51.0 Å². The highest BCUT2D eigenvalue weighted by Gasteiger charge is 2.20. The normalized spacial score (nSPS) is 15.4. The highest BCUT2D eigenvalue weighted by atomic mass is 79.9. The van der Waals surface area contributed by atoms with Gasteiger partial charge < -0.3 is 9.47 Å². The first-order chi connectivity index (χ1) is 6.81. The van der Waals surface area contributed by atoms with Gasteiger partial charge in [0.25, 0.3) is 0 Å². The van der Waals surface area contributed by atoms with E-state index in [0.29, 0.717) is 13.0 Å². The van der Waals surface area contributed by atoms with Crippen molar-refractivity contribution in [1.29, 1.82) is 0 Å². The van der Waals surface area contributed by atoms with Gasteiger partial charge in [-0.1, -0.05) is 15.9 Å². The van der Waals surface area contributed by atoms with Crippen molar-refractivity contribution in [3.63, 3.8) is 0 Å². The maximum absolute atomic E-state index is 11.6. The number of fused-ring (bicyclic) bond motifs is 1. The van der Waals surface area contributed by atoms with Gasteiger partial charge in [0.2, 0.25) is 5.91 Å². The van der Waals surface area contributed by atoms with Crippen LogP contribution in [0.25, 0.3) is 0 Å². The molecule has 1 aromatic rings. The zero-order valence-electron chi connectivity index (χ0n) is 7.69. The van der Waals surface area contributed by atoms with Crippen LogP contribution >= 0.6 is 15.9 Å². The first kappa shape index (κ1) is 9.64. The van der Waals surface area contributed by atoms with Crippen molar-refractivity contribution in [2.45, 2.75) is 19.5 Å². The first-order valence-corrected chi connectivity index (χ1v) is 5.64. The molecule has 2 heterocycles. The Kier molecular flexibility index (Phi) is 2.81. The molecule has 0 N–H and O–H groups in total. The van der Waals surface area contributed by atoms with E-state index in [9.17, 15) is 4.79 Å². The number of amides is 1. The summed E-state index contributed by atoms with van der Waals surface area (Å²) in [6.07, 6.45) is 2.26. The Morgan fingerprint density at radius 3 is 3.21 bits per heavy atom. The molecule has 0 saturated carbocycles. The monoisotopic (exact) mass is 258 g/mol. The van der Waals surface area contributed by atoms with E-state index in [1.807, 2.05) is 9.47 Å². The molecule has 0 saturated heterocycles. The number of nitrogens with zero attached hydrogens (tertiary/aromatic N) is 4. The molecule has 0 aliphatic carbocycles. The maximum atomic E-state index is 11.6. The van der Waals surface area contributed by atoms with Crippen LogP contribution in [0.2, 0.25) is 0 Å². The summed E-state index contributed by atoms with van der Waals surface area (Å²) in [6, 6.07) is 0. The second kappa shape index (κ2) is 4.08. The second-order valence-corrected chi connectivity index (χ2v) is 3.99. The fourth-order valence-corrected chi connectivity index (χ4v) is 1.86. The van der Waals surface area contributed by atoms with Gasteiger partial charge in [0, 0.05) is 24.8 Å². The van der Waals surface area contributed by atoms with Gasteiger partial charge >= 0.3 is 0 Å². The molecule has 0 spiro atoms. The van der Waals surface area contributed by atoms with Gasteiger partial charge in [-0.15, -0.1) is 10.2 Å². The fourth-order valence-electron chi connectivity index (χ4n) is 1.52. The minimum absolute atomic E-state index is 0.177. The Bertz CT molecular complexity index is 338. The lowest BCUT2D eigenvalue weighted by Gasteiger charge is -2.26. The predicted octanol–water partition coefficient (Wildman–Crippen LogP) is 0.405. The average molecular weight is 259 g/mol. The van der Waals surface area contributed by atoms with E-state index in [2.05, 4.69) is 26.1 Å². The fraction of sp³-hybridized carbons (Fsp3) is 0.625. The molecule has 2 rings (SSSR count). The summed E-state index contributed by atoms with van der Waals surface area (Å²) in [4.78, 5) is 13.4. The summed E-state index contributed by atoms with van der Waals surface area (Å²) < 4.78 is 1.98. The zero-order valence-corrected chi connectivity index (χ0v) is 9.27. The van der Waals surface area contributed by atoms with Crippen LogP contribution in [0.4, 0.5) is 0 Å². The molecule has 0 unspecified atom stereocenters. The van der Waals surface area contributed by atoms with Crippen LogP contribution in [0.1, 0.15) is 12.2 Å². The minimum Gasteiger partial charge on any atom is -0.333 e. The molecule has 1 aliphatic rings. The van der Waals surface area contributed by atoms with Crippen LogP contribution in [-0.2, 0) is 17.9 Å². The number of aromatic nitrogens is 3. The standard InChI is InChI=1S/C8H11BrN4O/c9-2-1-8(14)12-3-4-13-6-10-11-7(13)5-12/h6H,1-5H2.